The molecule has 17 heavy (non-hydrogen) atoms. The summed E-state index contributed by atoms with van der Waals surface area (Å²) in [7, 11) is -3.41. The van der Waals surface area contributed by atoms with Gasteiger partial charge in [-0.2, -0.15) is 4.37 Å². The standard InChI is InChI=1S/C8H14N4O3S2/c1-17(14,15)6-7(10)12-16-8(6)11-4-2-3-5(9)13/h11H,2-4H2,1H3,(H2,9,13)(H2,10,12). The number of sulfone groups is 1. The maximum Gasteiger partial charge on any atom is 0.217 e. The molecule has 1 aromatic heterocycles. The minimum Gasteiger partial charge on any atom is -0.382 e. The Labute approximate surface area is 103 Å². The van der Waals surface area contributed by atoms with Crippen molar-refractivity contribution in [3.05, 3.63) is 0 Å². The third-order valence-corrected chi connectivity index (χ3v) is 4.03. The number of nitrogen functional groups attached to an aromatic ring is 1. The first-order valence-corrected chi connectivity index (χ1v) is 7.46. The first-order valence-electron chi connectivity index (χ1n) is 4.79. The van der Waals surface area contributed by atoms with E-state index in [1.165, 1.54) is 0 Å². The summed E-state index contributed by atoms with van der Waals surface area (Å²) in [6, 6.07) is 0. The van der Waals surface area contributed by atoms with Crippen LogP contribution in [0.15, 0.2) is 4.90 Å². The number of hydrogen-bond donors (Lipinski definition) is 3. The van der Waals surface area contributed by atoms with Crippen LogP contribution in [0.25, 0.3) is 0 Å². The topological polar surface area (TPSA) is 128 Å². The van der Waals surface area contributed by atoms with Gasteiger partial charge in [-0.25, -0.2) is 8.42 Å². The normalized spacial score (nSPS) is 11.4. The van der Waals surface area contributed by atoms with Gasteiger partial charge in [0.15, 0.2) is 15.7 Å². The van der Waals surface area contributed by atoms with Crippen molar-refractivity contribution in [1.29, 1.82) is 0 Å². The zero-order valence-electron chi connectivity index (χ0n) is 9.26. The van der Waals surface area contributed by atoms with E-state index in [4.69, 9.17) is 11.5 Å². The molecule has 1 amide bonds. The highest BCUT2D eigenvalue weighted by Gasteiger charge is 2.20. The summed E-state index contributed by atoms with van der Waals surface area (Å²) in [6.45, 7) is 0.438. The van der Waals surface area contributed by atoms with Gasteiger partial charge in [0.2, 0.25) is 5.91 Å². The zero-order chi connectivity index (χ0) is 13.1. The summed E-state index contributed by atoms with van der Waals surface area (Å²) in [4.78, 5) is 10.5. The first-order chi connectivity index (χ1) is 7.82. The number of amides is 1. The van der Waals surface area contributed by atoms with E-state index in [1.54, 1.807) is 0 Å². The van der Waals surface area contributed by atoms with Gasteiger partial charge in [-0.3, -0.25) is 4.79 Å². The van der Waals surface area contributed by atoms with Crippen LogP contribution in [0.4, 0.5) is 10.8 Å². The smallest absolute Gasteiger partial charge is 0.217 e. The molecular formula is C8H14N4O3S2. The molecule has 0 fully saturated rings. The maximum absolute atomic E-state index is 11.4. The van der Waals surface area contributed by atoms with Crippen LogP contribution in [0.2, 0.25) is 0 Å². The fourth-order valence-electron chi connectivity index (χ4n) is 1.23. The molecule has 1 rings (SSSR count). The number of hydrogen-bond acceptors (Lipinski definition) is 7. The van der Waals surface area contributed by atoms with Crippen molar-refractivity contribution in [2.24, 2.45) is 5.73 Å². The minimum atomic E-state index is -3.41. The number of carbonyl (C=O) groups excluding carboxylic acids is 1. The van der Waals surface area contributed by atoms with E-state index in [2.05, 4.69) is 9.69 Å². The van der Waals surface area contributed by atoms with Crippen molar-refractivity contribution in [3.63, 3.8) is 0 Å². The molecule has 0 aliphatic heterocycles. The molecule has 0 aromatic carbocycles. The number of nitrogens with two attached hydrogens (primary N) is 2. The van der Waals surface area contributed by atoms with Gasteiger partial charge in [0.25, 0.3) is 0 Å². The molecule has 7 nitrogen and oxygen atoms in total. The van der Waals surface area contributed by atoms with Crippen LogP contribution in [0.5, 0.6) is 0 Å². The maximum atomic E-state index is 11.4. The largest absolute Gasteiger partial charge is 0.382 e. The number of primary amides is 1. The average molecular weight is 278 g/mol. The highest BCUT2D eigenvalue weighted by atomic mass is 32.2. The van der Waals surface area contributed by atoms with E-state index in [0.717, 1.165) is 17.8 Å². The lowest BCUT2D eigenvalue weighted by Gasteiger charge is -2.04. The molecule has 0 saturated carbocycles. The van der Waals surface area contributed by atoms with Crippen LogP contribution in [-0.2, 0) is 14.6 Å². The molecule has 0 aliphatic rings. The van der Waals surface area contributed by atoms with Gasteiger partial charge in [-0.05, 0) is 18.0 Å². The molecular weight excluding hydrogens is 264 g/mol. The van der Waals surface area contributed by atoms with Crippen molar-refractivity contribution >= 4 is 38.1 Å². The predicted octanol–water partition coefficient (Wildman–Crippen LogP) is -0.194. The summed E-state index contributed by atoms with van der Waals surface area (Å²) in [6.07, 6.45) is 1.84. The van der Waals surface area contributed by atoms with Crippen LogP contribution in [0.1, 0.15) is 12.8 Å². The summed E-state index contributed by atoms with van der Waals surface area (Å²) in [5, 5.41) is 3.28. The second-order valence-corrected chi connectivity index (χ2v) is 6.22. The van der Waals surface area contributed by atoms with Crippen molar-refractivity contribution < 1.29 is 13.2 Å². The highest BCUT2D eigenvalue weighted by Crippen LogP contribution is 2.31. The van der Waals surface area contributed by atoms with E-state index in [1.807, 2.05) is 0 Å². The lowest BCUT2D eigenvalue weighted by Crippen LogP contribution is -2.13. The van der Waals surface area contributed by atoms with Crippen LogP contribution in [0, 0.1) is 0 Å². The minimum absolute atomic E-state index is 0.00472. The number of anilines is 2. The van der Waals surface area contributed by atoms with Gasteiger partial charge in [0.1, 0.15) is 9.90 Å². The molecule has 0 unspecified atom stereocenters. The molecule has 0 saturated heterocycles. The molecule has 1 aromatic rings. The van der Waals surface area contributed by atoms with Crippen LogP contribution in [0.3, 0.4) is 0 Å². The third-order valence-electron chi connectivity index (χ3n) is 1.93. The molecule has 1 heterocycles. The Kier molecular flexibility index (Phi) is 4.29. The monoisotopic (exact) mass is 278 g/mol. The first kappa shape index (κ1) is 13.7. The van der Waals surface area contributed by atoms with Gasteiger partial charge in [-0.15, -0.1) is 0 Å². The van der Waals surface area contributed by atoms with Crippen LogP contribution < -0.4 is 16.8 Å². The average Bonchev–Trinajstić information content (AvgIpc) is 2.53. The molecule has 9 heteroatoms. The number of carbonyl (C=O) groups is 1. The molecule has 96 valence electrons. The van der Waals surface area contributed by atoms with Crippen molar-refractivity contribution in [3.8, 4) is 0 Å². The van der Waals surface area contributed by atoms with Gasteiger partial charge in [0, 0.05) is 19.2 Å². The Hall–Kier alpha value is -1.35. The van der Waals surface area contributed by atoms with Crippen molar-refractivity contribution in [1.82, 2.24) is 4.37 Å². The Bertz CT molecular complexity index is 509. The lowest BCUT2D eigenvalue weighted by atomic mass is 10.3. The molecule has 0 radical (unpaired) electrons. The molecule has 0 spiro atoms. The Morgan fingerprint density at radius 1 is 1.53 bits per heavy atom. The SMILES string of the molecule is CS(=O)(=O)c1c(N)nsc1NCCCC(N)=O. The van der Waals surface area contributed by atoms with Gasteiger partial charge in [0.05, 0.1) is 0 Å². The van der Waals surface area contributed by atoms with E-state index < -0.39 is 9.84 Å². The Balaban J connectivity index is 2.70. The number of aromatic nitrogens is 1. The summed E-state index contributed by atoms with van der Waals surface area (Å²) < 4.78 is 26.7. The highest BCUT2D eigenvalue weighted by molar-refractivity contribution is 7.91. The van der Waals surface area contributed by atoms with Crippen LogP contribution in [-0.4, -0.2) is 31.5 Å². The fraction of sp³-hybridized carbons (Fsp3) is 0.500. The number of rotatable bonds is 6. The number of nitrogens with one attached hydrogen (secondary N) is 1. The Morgan fingerprint density at radius 3 is 2.71 bits per heavy atom. The zero-order valence-corrected chi connectivity index (χ0v) is 10.9. The lowest BCUT2D eigenvalue weighted by molar-refractivity contribution is -0.118. The quantitative estimate of drug-likeness (QED) is 0.618. The van der Waals surface area contributed by atoms with E-state index in [-0.39, 0.29) is 23.0 Å². The summed E-state index contributed by atoms with van der Waals surface area (Å²) >= 11 is 0.980. The van der Waals surface area contributed by atoms with Gasteiger partial charge < -0.3 is 16.8 Å². The van der Waals surface area contributed by atoms with Crippen LogP contribution >= 0.6 is 11.5 Å². The third kappa shape index (κ3) is 3.86. The molecule has 0 atom stereocenters. The van der Waals surface area contributed by atoms with E-state index in [0.29, 0.717) is 18.0 Å². The fourth-order valence-corrected chi connectivity index (χ4v) is 3.32. The van der Waals surface area contributed by atoms with E-state index in [9.17, 15) is 13.2 Å². The van der Waals surface area contributed by atoms with Crippen molar-refractivity contribution in [2.75, 3.05) is 23.9 Å². The van der Waals surface area contributed by atoms with Gasteiger partial charge >= 0.3 is 0 Å². The molecule has 0 aliphatic carbocycles. The Morgan fingerprint density at radius 2 is 2.18 bits per heavy atom. The molecule has 5 N–H and O–H groups in total. The molecule has 0 bridgehead atoms. The number of nitrogens with zero attached hydrogens (tertiary/aromatic N) is 1. The van der Waals surface area contributed by atoms with E-state index >= 15 is 0 Å². The summed E-state index contributed by atoms with van der Waals surface area (Å²) in [5.41, 5.74) is 10.5. The second kappa shape index (κ2) is 5.32. The predicted molar refractivity (Wildman–Crippen MR) is 66.6 cm³/mol. The second-order valence-electron chi connectivity index (χ2n) is 3.49. The van der Waals surface area contributed by atoms with Crippen molar-refractivity contribution in [2.45, 2.75) is 17.7 Å². The summed E-state index contributed by atoms with van der Waals surface area (Å²) in [5.74, 6) is -0.395. The van der Waals surface area contributed by atoms with Gasteiger partial charge in [-0.1, -0.05) is 0 Å².